The van der Waals surface area contributed by atoms with Gasteiger partial charge in [-0.1, -0.05) is 17.7 Å². The highest BCUT2D eigenvalue weighted by Crippen LogP contribution is 2.50. The van der Waals surface area contributed by atoms with Gasteiger partial charge in [0.15, 0.2) is 11.6 Å². The third kappa shape index (κ3) is 4.42. The van der Waals surface area contributed by atoms with Crippen LogP contribution in [0.15, 0.2) is 12.1 Å². The van der Waals surface area contributed by atoms with E-state index < -0.39 is 11.6 Å². The molecule has 4 fully saturated rings. The van der Waals surface area contributed by atoms with Crippen LogP contribution in [0.2, 0.25) is 5.02 Å². The van der Waals surface area contributed by atoms with Crippen molar-refractivity contribution in [3.8, 4) is 29.0 Å². The van der Waals surface area contributed by atoms with Gasteiger partial charge in [-0.3, -0.25) is 4.90 Å². The molecule has 8 rings (SSSR count). The lowest BCUT2D eigenvalue weighted by Gasteiger charge is -2.35. The van der Waals surface area contributed by atoms with Crippen molar-refractivity contribution >= 4 is 54.7 Å². The number of nitrogen functional groups attached to an aromatic ring is 1. The minimum Gasteiger partial charge on any atom is -0.494 e. The van der Waals surface area contributed by atoms with E-state index in [0.717, 1.165) is 63.0 Å². The van der Waals surface area contributed by atoms with Gasteiger partial charge in [-0.2, -0.15) is 15.2 Å². The summed E-state index contributed by atoms with van der Waals surface area (Å²) in [4.78, 5) is 14.2. The summed E-state index contributed by atoms with van der Waals surface area (Å²) in [6.07, 6.45) is 6.43. The summed E-state index contributed by atoms with van der Waals surface area (Å²) in [5, 5.41) is 14.2. The van der Waals surface area contributed by atoms with E-state index in [-0.39, 0.29) is 71.7 Å². The fraction of sp³-hybridized carbons (Fsp3) is 0.469. The van der Waals surface area contributed by atoms with Crippen molar-refractivity contribution in [3.05, 3.63) is 34.4 Å². The lowest BCUT2D eigenvalue weighted by atomic mass is 9.95. The highest BCUT2D eigenvalue weighted by atomic mass is 35.5. The van der Waals surface area contributed by atoms with Gasteiger partial charge in [0.1, 0.15) is 34.8 Å². The van der Waals surface area contributed by atoms with Gasteiger partial charge in [0.2, 0.25) is 0 Å². The van der Waals surface area contributed by atoms with Crippen molar-refractivity contribution in [2.45, 2.75) is 56.1 Å². The highest BCUT2D eigenvalue weighted by molar-refractivity contribution is 7.23. The van der Waals surface area contributed by atoms with E-state index in [9.17, 15) is 9.65 Å². The molecule has 0 saturated carbocycles. The minimum absolute atomic E-state index is 0.0106. The average Bonchev–Trinajstić information content (AvgIpc) is 3.79. The molecule has 2 aromatic carbocycles. The Kier molecular flexibility index (Phi) is 6.94. The summed E-state index contributed by atoms with van der Waals surface area (Å²) in [5.41, 5.74) is 6.28. The van der Waals surface area contributed by atoms with Crippen LogP contribution in [0.25, 0.3) is 32.1 Å². The van der Waals surface area contributed by atoms with Gasteiger partial charge >= 0.3 is 6.01 Å². The monoisotopic (exact) mass is 651 g/mol. The second-order valence-electron chi connectivity index (χ2n) is 12.6. The Morgan fingerprint density at radius 1 is 1.16 bits per heavy atom. The number of benzene rings is 2. The van der Waals surface area contributed by atoms with Crippen LogP contribution < -0.4 is 25.4 Å². The highest BCUT2D eigenvalue weighted by Gasteiger charge is 2.45. The van der Waals surface area contributed by atoms with E-state index in [0.29, 0.717) is 30.9 Å². The van der Waals surface area contributed by atoms with Crippen LogP contribution in [0.3, 0.4) is 0 Å². The van der Waals surface area contributed by atoms with Crippen molar-refractivity contribution in [1.29, 1.82) is 5.26 Å². The zero-order valence-corrected chi connectivity index (χ0v) is 26.3. The standard InChI is InChI=1S/C32H32ClF2N7O2S/c1-43-27-23-26(25(35)22(24(27)33)18-6-7-20(34)28-21(18)19(12-36)29(37)45-28)39-31(44-15-32-8-2-10-42(32)11-3-9-32)40-30(23)41-13-16-4-5-17(14-41)38-16/h6-7,16-17,38H,2-5,8-11,13-15,37H2,1H3. The molecule has 0 spiro atoms. The molecule has 234 valence electrons. The molecule has 2 aromatic heterocycles. The number of aromatic nitrogens is 2. The first-order valence-electron chi connectivity index (χ1n) is 15.4. The Bertz CT molecular complexity index is 1890. The number of methoxy groups -OCH3 is 1. The average molecular weight is 652 g/mol. The molecule has 4 aromatic rings. The molecular formula is C32H32ClF2N7O2S. The van der Waals surface area contributed by atoms with Crippen molar-refractivity contribution < 1.29 is 18.3 Å². The predicted octanol–water partition coefficient (Wildman–Crippen LogP) is 5.85. The van der Waals surface area contributed by atoms with Crippen molar-refractivity contribution in [2.24, 2.45) is 0 Å². The molecule has 9 nitrogen and oxygen atoms in total. The van der Waals surface area contributed by atoms with Crippen molar-refractivity contribution in [3.63, 3.8) is 0 Å². The molecule has 6 heterocycles. The van der Waals surface area contributed by atoms with Gasteiger partial charge in [-0.25, -0.2) is 8.78 Å². The van der Waals surface area contributed by atoms with Crippen molar-refractivity contribution in [2.75, 3.05) is 50.5 Å². The topological polar surface area (TPSA) is 113 Å². The number of ether oxygens (including phenoxy) is 2. The van der Waals surface area contributed by atoms with E-state index in [2.05, 4.69) is 26.2 Å². The molecule has 2 bridgehead atoms. The maximum atomic E-state index is 17.1. The Morgan fingerprint density at radius 3 is 2.58 bits per heavy atom. The summed E-state index contributed by atoms with van der Waals surface area (Å²) in [7, 11) is 1.47. The Balaban J connectivity index is 1.35. The molecule has 0 aliphatic carbocycles. The summed E-state index contributed by atoms with van der Waals surface area (Å²) in [6.45, 7) is 3.88. The number of nitriles is 1. The van der Waals surface area contributed by atoms with Gasteiger partial charge in [0.05, 0.1) is 33.3 Å². The third-order valence-electron chi connectivity index (χ3n) is 10.1. The van der Waals surface area contributed by atoms with E-state index in [1.165, 1.54) is 19.2 Å². The Labute approximate surface area is 267 Å². The first-order valence-corrected chi connectivity index (χ1v) is 16.6. The maximum Gasteiger partial charge on any atom is 0.319 e. The van der Waals surface area contributed by atoms with Crippen LogP contribution in [-0.4, -0.2) is 72.4 Å². The molecule has 0 amide bonds. The molecule has 4 aliphatic rings. The van der Waals surface area contributed by atoms with Crippen LogP contribution in [-0.2, 0) is 0 Å². The molecule has 13 heteroatoms. The number of piperazine rings is 1. The predicted molar refractivity (Wildman–Crippen MR) is 171 cm³/mol. The molecule has 0 radical (unpaired) electrons. The quantitative estimate of drug-likeness (QED) is 0.265. The SMILES string of the molecule is COc1c(Cl)c(-c2ccc(F)c3sc(N)c(C#N)c23)c(F)c2nc(OCC34CCCN3CCC4)nc(N3CC4CCC(C3)N4)c12. The number of rotatable bonds is 6. The number of nitrogens with two attached hydrogens (primary N) is 1. The maximum absolute atomic E-state index is 17.1. The van der Waals surface area contributed by atoms with Gasteiger partial charge in [-0.05, 0) is 63.2 Å². The van der Waals surface area contributed by atoms with Gasteiger partial charge in [0, 0.05) is 36.1 Å². The van der Waals surface area contributed by atoms with E-state index >= 15 is 4.39 Å². The van der Waals surface area contributed by atoms with E-state index in [1.54, 1.807) is 0 Å². The second kappa shape index (κ2) is 10.8. The Morgan fingerprint density at radius 2 is 1.89 bits per heavy atom. The number of nitrogens with one attached hydrogen (secondary N) is 1. The van der Waals surface area contributed by atoms with Crippen molar-refractivity contribution in [1.82, 2.24) is 20.2 Å². The number of hydrogen-bond donors (Lipinski definition) is 2. The second-order valence-corrected chi connectivity index (χ2v) is 14.0. The normalized spacial score (nSPS) is 22.3. The molecule has 2 unspecified atom stereocenters. The molecule has 2 atom stereocenters. The molecule has 45 heavy (non-hydrogen) atoms. The lowest BCUT2D eigenvalue weighted by molar-refractivity contribution is 0.108. The molecular weight excluding hydrogens is 620 g/mol. The largest absolute Gasteiger partial charge is 0.494 e. The minimum atomic E-state index is -0.731. The van der Waals surface area contributed by atoms with Gasteiger partial charge in [0.25, 0.3) is 0 Å². The van der Waals surface area contributed by atoms with Gasteiger partial charge in [-0.15, -0.1) is 11.3 Å². The Hall–Kier alpha value is -3.50. The summed E-state index contributed by atoms with van der Waals surface area (Å²) in [6, 6.07) is 5.37. The summed E-state index contributed by atoms with van der Waals surface area (Å²) >= 11 is 7.95. The van der Waals surface area contributed by atoms with E-state index in [1.807, 2.05) is 0 Å². The van der Waals surface area contributed by atoms with Crippen LogP contribution in [0.1, 0.15) is 44.1 Å². The third-order valence-corrected chi connectivity index (χ3v) is 11.5. The summed E-state index contributed by atoms with van der Waals surface area (Å²) in [5.74, 6) is -0.583. The van der Waals surface area contributed by atoms with Crippen LogP contribution in [0.5, 0.6) is 11.8 Å². The summed E-state index contributed by atoms with van der Waals surface area (Å²) < 4.78 is 44.5. The molecule has 4 aliphatic heterocycles. The lowest BCUT2D eigenvalue weighted by Crippen LogP contribution is -2.51. The molecule has 4 saturated heterocycles. The number of halogens is 3. The zero-order chi connectivity index (χ0) is 31.0. The molecule has 3 N–H and O–H groups in total. The first-order chi connectivity index (χ1) is 21.8. The number of nitrogens with zero attached hydrogens (tertiary/aromatic N) is 5. The van der Waals surface area contributed by atoms with Crippen LogP contribution in [0, 0.1) is 23.0 Å². The van der Waals surface area contributed by atoms with Gasteiger partial charge < -0.3 is 25.4 Å². The van der Waals surface area contributed by atoms with E-state index in [4.69, 9.17) is 31.8 Å². The van der Waals surface area contributed by atoms with Crippen LogP contribution in [0.4, 0.5) is 19.6 Å². The smallest absolute Gasteiger partial charge is 0.319 e. The number of anilines is 2. The fourth-order valence-electron chi connectivity index (χ4n) is 8.09. The number of hydrogen-bond acceptors (Lipinski definition) is 10. The van der Waals surface area contributed by atoms with Crippen LogP contribution >= 0.6 is 22.9 Å². The number of fused-ring (bicyclic) bond motifs is 5. The fourth-order valence-corrected chi connectivity index (χ4v) is 9.40. The first kappa shape index (κ1) is 28.9. The zero-order valence-electron chi connectivity index (χ0n) is 24.8. The number of thiophene rings is 1.